The van der Waals surface area contributed by atoms with E-state index in [9.17, 15) is 18.4 Å². The fourth-order valence-electron chi connectivity index (χ4n) is 2.22. The summed E-state index contributed by atoms with van der Waals surface area (Å²) >= 11 is 6.18. The lowest BCUT2D eigenvalue weighted by Crippen LogP contribution is -2.32. The van der Waals surface area contributed by atoms with E-state index in [0.717, 1.165) is 23.9 Å². The molecule has 2 aromatic rings. The minimum absolute atomic E-state index is 0.0692. The molecule has 0 unspecified atom stereocenters. The van der Waals surface area contributed by atoms with Gasteiger partial charge in [-0.1, -0.05) is 24.0 Å². The van der Waals surface area contributed by atoms with Crippen LogP contribution in [0.1, 0.15) is 12.7 Å². The molecule has 0 bridgehead atoms. The topological polar surface area (TPSA) is 50.5 Å². The number of thiocarbonyl (C=S) groups is 1. The fourth-order valence-corrected chi connectivity index (χ4v) is 3.46. The summed E-state index contributed by atoms with van der Waals surface area (Å²) in [6.45, 7) is 1.31. The maximum absolute atomic E-state index is 13.3. The molecule has 1 aliphatic rings. The molecular weight excluding hydrogens is 368 g/mol. The third-order valence-corrected chi connectivity index (χ3v) is 4.74. The highest BCUT2D eigenvalue weighted by atomic mass is 32.2. The number of hydrogen-bond acceptors (Lipinski definition) is 5. The molecule has 128 valence electrons. The number of furan rings is 1. The van der Waals surface area contributed by atoms with Gasteiger partial charge in [-0.15, -0.1) is 0 Å². The normalized spacial score (nSPS) is 16.1. The lowest BCUT2D eigenvalue weighted by molar-refractivity contribution is -0.126. The van der Waals surface area contributed by atoms with Gasteiger partial charge in [0.2, 0.25) is 0 Å². The van der Waals surface area contributed by atoms with Crippen LogP contribution >= 0.6 is 24.0 Å². The van der Waals surface area contributed by atoms with Gasteiger partial charge < -0.3 is 4.42 Å². The van der Waals surface area contributed by atoms with Crippen molar-refractivity contribution in [2.24, 2.45) is 0 Å². The molecule has 1 aromatic carbocycles. The average Bonchev–Trinajstić information content (AvgIpc) is 3.11. The maximum Gasteiger partial charge on any atom is 0.266 e. The van der Waals surface area contributed by atoms with E-state index < -0.39 is 11.6 Å². The zero-order valence-electron chi connectivity index (χ0n) is 12.9. The molecule has 0 N–H and O–H groups in total. The maximum atomic E-state index is 13.3. The van der Waals surface area contributed by atoms with Crippen LogP contribution in [0.15, 0.2) is 39.7 Å². The van der Waals surface area contributed by atoms with Gasteiger partial charge in [0.05, 0.1) is 11.4 Å². The van der Waals surface area contributed by atoms with Gasteiger partial charge in [-0.05, 0) is 37.3 Å². The number of carbonyl (C=O) groups is 2. The minimum Gasteiger partial charge on any atom is -0.457 e. The van der Waals surface area contributed by atoms with Gasteiger partial charge in [0.1, 0.15) is 21.6 Å². The molecule has 0 radical (unpaired) electrons. The van der Waals surface area contributed by atoms with Crippen LogP contribution in [-0.4, -0.2) is 27.5 Å². The Morgan fingerprint density at radius 2 is 2.04 bits per heavy atom. The zero-order valence-corrected chi connectivity index (χ0v) is 14.5. The first-order valence-corrected chi connectivity index (χ1v) is 8.37. The summed E-state index contributed by atoms with van der Waals surface area (Å²) in [4.78, 5) is 25.0. The van der Waals surface area contributed by atoms with Crippen LogP contribution in [0.4, 0.5) is 8.78 Å². The smallest absolute Gasteiger partial charge is 0.266 e. The van der Waals surface area contributed by atoms with Crippen molar-refractivity contribution in [3.63, 3.8) is 0 Å². The van der Waals surface area contributed by atoms with Gasteiger partial charge >= 0.3 is 0 Å². The van der Waals surface area contributed by atoms with Gasteiger partial charge in [0.25, 0.3) is 5.91 Å². The summed E-state index contributed by atoms with van der Waals surface area (Å²) in [5.74, 6) is -1.75. The highest BCUT2D eigenvalue weighted by Crippen LogP contribution is 2.33. The number of benzene rings is 1. The van der Waals surface area contributed by atoms with E-state index in [0.29, 0.717) is 26.3 Å². The molecule has 8 heteroatoms. The summed E-state index contributed by atoms with van der Waals surface area (Å²) in [5, 5.41) is 0. The molecule has 1 fully saturated rings. The Bertz CT molecular complexity index is 920. The fraction of sp³-hybridized carbons (Fsp3) is 0.118. The first kappa shape index (κ1) is 17.5. The van der Waals surface area contributed by atoms with E-state index in [-0.39, 0.29) is 18.2 Å². The van der Waals surface area contributed by atoms with Crippen molar-refractivity contribution in [3.8, 4) is 11.3 Å². The number of halogens is 2. The van der Waals surface area contributed by atoms with Crippen LogP contribution in [0.25, 0.3) is 17.4 Å². The third kappa shape index (κ3) is 3.69. The predicted octanol–water partition coefficient (Wildman–Crippen LogP) is 4.02. The Kier molecular flexibility index (Phi) is 4.82. The number of hydrogen-bond donors (Lipinski definition) is 0. The molecule has 1 aliphatic heterocycles. The molecular formula is C17H11F2NO3S2. The lowest BCUT2D eigenvalue weighted by atomic mass is 10.1. The van der Waals surface area contributed by atoms with Crippen LogP contribution in [0.3, 0.4) is 0 Å². The summed E-state index contributed by atoms with van der Waals surface area (Å²) in [6.07, 6.45) is 1.50. The van der Waals surface area contributed by atoms with Crippen molar-refractivity contribution >= 4 is 46.1 Å². The van der Waals surface area contributed by atoms with E-state index in [1.54, 1.807) is 12.1 Å². The van der Waals surface area contributed by atoms with Crippen molar-refractivity contribution in [1.82, 2.24) is 4.90 Å². The Morgan fingerprint density at radius 1 is 1.28 bits per heavy atom. The van der Waals surface area contributed by atoms with Gasteiger partial charge in [-0.25, -0.2) is 8.78 Å². The third-order valence-electron chi connectivity index (χ3n) is 3.36. The first-order chi connectivity index (χ1) is 11.8. The SMILES string of the molecule is CC(=O)CN1C(=O)/C(=C/c2ccc(-c3ccc(F)c(F)c3)o2)SC1=S. The Labute approximate surface area is 151 Å². The van der Waals surface area contributed by atoms with Crippen LogP contribution < -0.4 is 0 Å². The molecule has 0 aliphatic carbocycles. The average molecular weight is 379 g/mol. The summed E-state index contributed by atoms with van der Waals surface area (Å²) < 4.78 is 32.2. The molecule has 1 amide bonds. The number of Topliss-reactive ketones (excluding diaryl/α,β-unsaturated/α-hetero) is 1. The molecule has 3 rings (SSSR count). The van der Waals surface area contributed by atoms with Crippen LogP contribution in [-0.2, 0) is 9.59 Å². The number of amides is 1. The highest BCUT2D eigenvalue weighted by Gasteiger charge is 2.32. The van der Waals surface area contributed by atoms with Crippen molar-refractivity contribution < 1.29 is 22.8 Å². The standard InChI is InChI=1S/C17H11F2NO3S2/c1-9(21)8-20-16(22)15(25-17(20)24)7-11-3-5-14(23-11)10-2-4-12(18)13(19)6-10/h2-7H,8H2,1H3/b15-7-. The quantitative estimate of drug-likeness (QED) is 0.593. The van der Waals surface area contributed by atoms with Crippen LogP contribution in [0, 0.1) is 11.6 Å². The molecule has 1 saturated heterocycles. The first-order valence-electron chi connectivity index (χ1n) is 7.15. The van der Waals surface area contributed by atoms with Crippen molar-refractivity contribution in [1.29, 1.82) is 0 Å². The second kappa shape index (κ2) is 6.89. The number of thioether (sulfide) groups is 1. The van der Waals surface area contributed by atoms with E-state index in [2.05, 4.69) is 0 Å². The van der Waals surface area contributed by atoms with Crippen LogP contribution in [0.5, 0.6) is 0 Å². The minimum atomic E-state index is -0.972. The molecule has 4 nitrogen and oxygen atoms in total. The number of nitrogens with zero attached hydrogens (tertiary/aromatic N) is 1. The van der Waals surface area contributed by atoms with E-state index in [1.165, 1.54) is 24.0 Å². The number of rotatable bonds is 4. The summed E-state index contributed by atoms with van der Waals surface area (Å²) in [7, 11) is 0. The number of carbonyl (C=O) groups excluding carboxylic acids is 2. The predicted molar refractivity (Wildman–Crippen MR) is 94.6 cm³/mol. The van der Waals surface area contributed by atoms with Gasteiger partial charge in [0.15, 0.2) is 11.6 Å². The largest absolute Gasteiger partial charge is 0.457 e. The van der Waals surface area contributed by atoms with Crippen molar-refractivity contribution in [2.75, 3.05) is 6.54 Å². The monoisotopic (exact) mass is 379 g/mol. The van der Waals surface area contributed by atoms with Crippen LogP contribution in [0.2, 0.25) is 0 Å². The zero-order chi connectivity index (χ0) is 18.1. The van der Waals surface area contributed by atoms with E-state index in [4.69, 9.17) is 16.6 Å². The second-order valence-corrected chi connectivity index (χ2v) is 6.98. The molecule has 0 atom stereocenters. The summed E-state index contributed by atoms with van der Waals surface area (Å²) in [6, 6.07) is 6.64. The molecule has 2 heterocycles. The van der Waals surface area contributed by atoms with E-state index >= 15 is 0 Å². The van der Waals surface area contributed by atoms with Gasteiger partial charge in [-0.2, -0.15) is 0 Å². The van der Waals surface area contributed by atoms with E-state index in [1.807, 2.05) is 0 Å². The number of ketones is 1. The Hall–Kier alpha value is -2.32. The lowest BCUT2D eigenvalue weighted by Gasteiger charge is -2.11. The summed E-state index contributed by atoms with van der Waals surface area (Å²) in [5.41, 5.74) is 0.377. The van der Waals surface area contributed by atoms with Gasteiger partial charge in [-0.3, -0.25) is 14.5 Å². The second-order valence-electron chi connectivity index (χ2n) is 5.30. The van der Waals surface area contributed by atoms with Gasteiger partial charge in [0, 0.05) is 11.6 Å². The molecule has 0 spiro atoms. The molecule has 1 aromatic heterocycles. The highest BCUT2D eigenvalue weighted by molar-refractivity contribution is 8.26. The Morgan fingerprint density at radius 3 is 2.72 bits per heavy atom. The molecule has 25 heavy (non-hydrogen) atoms. The van der Waals surface area contributed by atoms with Crippen molar-refractivity contribution in [2.45, 2.75) is 6.92 Å². The Balaban J connectivity index is 1.84. The van der Waals surface area contributed by atoms with Crippen molar-refractivity contribution in [3.05, 3.63) is 52.6 Å². The molecule has 0 saturated carbocycles.